The number of nitrogens with zero attached hydrogens (tertiary/aromatic N) is 2. The molecule has 0 amide bonds. The summed E-state index contributed by atoms with van der Waals surface area (Å²) in [7, 11) is 1.66. The largest absolute Gasteiger partial charge is 0.497 e. The summed E-state index contributed by atoms with van der Waals surface area (Å²) in [5, 5.41) is 5.43. The van der Waals surface area contributed by atoms with E-state index in [1.165, 1.54) is 11.5 Å². The summed E-state index contributed by atoms with van der Waals surface area (Å²) < 4.78 is 9.65. The minimum Gasteiger partial charge on any atom is -0.497 e. The molecule has 7 heteroatoms. The van der Waals surface area contributed by atoms with E-state index < -0.39 is 0 Å². The van der Waals surface area contributed by atoms with Crippen molar-refractivity contribution in [1.29, 1.82) is 0 Å². The molecule has 130 valence electrons. The van der Waals surface area contributed by atoms with Crippen molar-refractivity contribution in [2.24, 2.45) is 0 Å². The van der Waals surface area contributed by atoms with Crippen LogP contribution in [0.4, 0.5) is 5.13 Å². The molecule has 1 heterocycles. The average molecular weight is 394 g/mol. The molecule has 0 aliphatic carbocycles. The van der Waals surface area contributed by atoms with Crippen molar-refractivity contribution < 1.29 is 4.74 Å². The van der Waals surface area contributed by atoms with E-state index in [4.69, 9.17) is 27.9 Å². The Kier molecular flexibility index (Phi) is 6.13. The van der Waals surface area contributed by atoms with Gasteiger partial charge in [-0.3, -0.25) is 0 Å². The van der Waals surface area contributed by atoms with Crippen molar-refractivity contribution in [3.8, 4) is 5.75 Å². The van der Waals surface area contributed by atoms with E-state index in [-0.39, 0.29) is 0 Å². The Bertz CT molecular complexity index is 854. The SMILES string of the molecule is COc1cccc(Cc2nsc(NCCc3ccc(Cl)cc3Cl)n2)c1. The van der Waals surface area contributed by atoms with Gasteiger partial charge in [-0.1, -0.05) is 41.4 Å². The smallest absolute Gasteiger partial charge is 0.202 e. The van der Waals surface area contributed by atoms with Crippen LogP contribution in [0.2, 0.25) is 10.0 Å². The van der Waals surface area contributed by atoms with Crippen molar-refractivity contribution in [3.05, 3.63) is 69.5 Å². The van der Waals surface area contributed by atoms with E-state index in [2.05, 4.69) is 14.7 Å². The summed E-state index contributed by atoms with van der Waals surface area (Å²) >= 11 is 13.5. The molecule has 1 N–H and O–H groups in total. The number of anilines is 1. The molecule has 2 aromatic carbocycles. The number of ether oxygens (including phenoxy) is 1. The van der Waals surface area contributed by atoms with Crippen LogP contribution in [-0.4, -0.2) is 23.0 Å². The van der Waals surface area contributed by atoms with Gasteiger partial charge in [-0.25, -0.2) is 4.98 Å². The molecule has 0 fully saturated rings. The highest BCUT2D eigenvalue weighted by Crippen LogP contribution is 2.22. The average Bonchev–Trinajstić information content (AvgIpc) is 3.04. The van der Waals surface area contributed by atoms with E-state index in [0.29, 0.717) is 16.5 Å². The van der Waals surface area contributed by atoms with Gasteiger partial charge in [0.2, 0.25) is 5.13 Å². The zero-order valence-corrected chi connectivity index (χ0v) is 16.0. The minimum atomic E-state index is 0.646. The molecule has 0 unspecified atom stereocenters. The maximum Gasteiger partial charge on any atom is 0.202 e. The van der Waals surface area contributed by atoms with Crippen LogP contribution in [0.3, 0.4) is 0 Å². The summed E-state index contributed by atoms with van der Waals surface area (Å²) in [6.45, 7) is 0.731. The molecule has 0 saturated carbocycles. The second kappa shape index (κ2) is 8.52. The second-order valence-corrected chi connectivity index (χ2v) is 7.05. The van der Waals surface area contributed by atoms with Gasteiger partial charge in [0.1, 0.15) is 11.6 Å². The van der Waals surface area contributed by atoms with Crippen LogP contribution in [0.1, 0.15) is 17.0 Å². The Morgan fingerprint density at radius 1 is 1.16 bits per heavy atom. The molecule has 0 aliphatic heterocycles. The number of hydrogen-bond acceptors (Lipinski definition) is 5. The first-order chi connectivity index (χ1) is 12.1. The molecular formula is C18H17Cl2N3OS. The minimum absolute atomic E-state index is 0.646. The number of rotatable bonds is 7. The predicted molar refractivity (Wildman–Crippen MR) is 104 cm³/mol. The van der Waals surface area contributed by atoms with Gasteiger partial charge < -0.3 is 10.1 Å². The Morgan fingerprint density at radius 2 is 2.04 bits per heavy atom. The van der Waals surface area contributed by atoms with Crippen molar-refractivity contribution in [3.63, 3.8) is 0 Å². The van der Waals surface area contributed by atoms with Crippen LogP contribution < -0.4 is 10.1 Å². The summed E-state index contributed by atoms with van der Waals surface area (Å²) in [4.78, 5) is 4.53. The third-order valence-electron chi connectivity index (χ3n) is 3.65. The quantitative estimate of drug-likeness (QED) is 0.606. The topological polar surface area (TPSA) is 47.0 Å². The lowest BCUT2D eigenvalue weighted by atomic mass is 10.1. The molecule has 3 aromatic rings. The molecule has 4 nitrogen and oxygen atoms in total. The Morgan fingerprint density at radius 3 is 2.84 bits per heavy atom. The molecule has 0 radical (unpaired) electrons. The number of aromatic nitrogens is 2. The Hall–Kier alpha value is -1.82. The zero-order chi connectivity index (χ0) is 17.6. The lowest BCUT2D eigenvalue weighted by Crippen LogP contribution is -2.05. The zero-order valence-electron chi connectivity index (χ0n) is 13.6. The van der Waals surface area contributed by atoms with Gasteiger partial charge in [0, 0.05) is 34.5 Å². The summed E-state index contributed by atoms with van der Waals surface area (Å²) in [6, 6.07) is 13.5. The van der Waals surface area contributed by atoms with Gasteiger partial charge in [0.15, 0.2) is 0 Å². The highest BCUT2D eigenvalue weighted by Gasteiger charge is 2.07. The van der Waals surface area contributed by atoms with Gasteiger partial charge >= 0.3 is 0 Å². The highest BCUT2D eigenvalue weighted by atomic mass is 35.5. The summed E-state index contributed by atoms with van der Waals surface area (Å²) in [5.74, 6) is 1.64. The monoisotopic (exact) mass is 393 g/mol. The number of halogens is 2. The molecule has 1 aromatic heterocycles. The van der Waals surface area contributed by atoms with Gasteiger partial charge in [-0.2, -0.15) is 4.37 Å². The van der Waals surface area contributed by atoms with Crippen molar-refractivity contribution in [2.45, 2.75) is 12.8 Å². The molecule has 3 rings (SSSR count). The third-order valence-corrected chi connectivity index (χ3v) is 4.95. The number of nitrogens with one attached hydrogen (secondary N) is 1. The Labute approximate surface area is 160 Å². The van der Waals surface area contributed by atoms with Crippen molar-refractivity contribution >= 4 is 39.9 Å². The molecular weight excluding hydrogens is 377 g/mol. The lowest BCUT2D eigenvalue weighted by molar-refractivity contribution is 0.414. The van der Waals surface area contributed by atoms with E-state index in [1.54, 1.807) is 13.2 Å². The second-order valence-electron chi connectivity index (χ2n) is 5.46. The number of benzene rings is 2. The van der Waals surface area contributed by atoms with Gasteiger partial charge in [-0.05, 0) is 41.8 Å². The predicted octanol–water partition coefficient (Wildman–Crippen LogP) is 5.10. The first kappa shape index (κ1) is 18.0. The maximum absolute atomic E-state index is 6.18. The third kappa shape index (κ3) is 5.08. The van der Waals surface area contributed by atoms with E-state index >= 15 is 0 Å². The normalized spacial score (nSPS) is 10.7. The van der Waals surface area contributed by atoms with Crippen LogP contribution in [0.5, 0.6) is 5.75 Å². The molecule has 0 atom stereocenters. The Balaban J connectivity index is 1.54. The maximum atomic E-state index is 6.18. The van der Waals surface area contributed by atoms with Crippen molar-refractivity contribution in [1.82, 2.24) is 9.36 Å². The fraction of sp³-hybridized carbons (Fsp3) is 0.222. The fourth-order valence-electron chi connectivity index (χ4n) is 2.39. The van der Waals surface area contributed by atoms with E-state index in [0.717, 1.165) is 40.8 Å². The van der Waals surface area contributed by atoms with Crippen LogP contribution in [0, 0.1) is 0 Å². The molecule has 0 spiro atoms. The number of methoxy groups -OCH3 is 1. The molecule has 0 saturated heterocycles. The number of hydrogen-bond donors (Lipinski definition) is 1. The molecule has 0 bridgehead atoms. The van der Waals surface area contributed by atoms with Crippen LogP contribution in [0.15, 0.2) is 42.5 Å². The van der Waals surface area contributed by atoms with Crippen LogP contribution in [0.25, 0.3) is 0 Å². The fourth-order valence-corrected chi connectivity index (χ4v) is 3.50. The van der Waals surface area contributed by atoms with E-state index in [9.17, 15) is 0 Å². The first-order valence-electron chi connectivity index (χ1n) is 7.77. The summed E-state index contributed by atoms with van der Waals surface area (Å²) in [5.41, 5.74) is 2.18. The van der Waals surface area contributed by atoms with Gasteiger partial charge in [0.25, 0.3) is 0 Å². The lowest BCUT2D eigenvalue weighted by Gasteiger charge is -2.05. The molecule has 25 heavy (non-hydrogen) atoms. The summed E-state index contributed by atoms with van der Waals surface area (Å²) in [6.07, 6.45) is 1.47. The van der Waals surface area contributed by atoms with Crippen LogP contribution >= 0.6 is 34.7 Å². The van der Waals surface area contributed by atoms with Gasteiger partial charge in [0.05, 0.1) is 7.11 Å². The van der Waals surface area contributed by atoms with Gasteiger partial charge in [-0.15, -0.1) is 0 Å². The van der Waals surface area contributed by atoms with Crippen molar-refractivity contribution in [2.75, 3.05) is 19.0 Å². The standard InChI is InChI=1S/C18H17Cl2N3OS/c1-24-15-4-2-3-12(9-15)10-17-22-18(25-23-17)21-8-7-13-5-6-14(19)11-16(13)20/h2-6,9,11H,7-8,10H2,1H3,(H,21,22,23). The van der Waals surface area contributed by atoms with Crippen LogP contribution in [-0.2, 0) is 12.8 Å². The van der Waals surface area contributed by atoms with E-state index in [1.807, 2.05) is 36.4 Å². The highest BCUT2D eigenvalue weighted by molar-refractivity contribution is 7.09. The first-order valence-corrected chi connectivity index (χ1v) is 9.30. The molecule has 0 aliphatic rings.